The smallest absolute Gasteiger partial charge is 0.338 e. The molecule has 0 saturated heterocycles. The van der Waals surface area contributed by atoms with Gasteiger partial charge in [-0.2, -0.15) is 0 Å². The molecule has 0 aliphatic heterocycles. The van der Waals surface area contributed by atoms with Crippen molar-refractivity contribution in [2.24, 2.45) is 5.92 Å². The average Bonchev–Trinajstić information content (AvgIpc) is 2.77. The number of rotatable bonds is 10. The molecule has 0 radical (unpaired) electrons. The molecule has 1 unspecified atom stereocenters. The zero-order chi connectivity index (χ0) is 17.8. The third kappa shape index (κ3) is 7.16. The van der Waals surface area contributed by atoms with E-state index in [-0.39, 0.29) is 11.5 Å². The molecule has 4 nitrogen and oxygen atoms in total. The van der Waals surface area contributed by atoms with Gasteiger partial charge in [0.15, 0.2) is 0 Å². The van der Waals surface area contributed by atoms with Crippen LogP contribution in [-0.2, 0) is 19.1 Å². The van der Waals surface area contributed by atoms with Crippen LogP contribution in [0.15, 0.2) is 35.5 Å². The number of hydrogen-bond acceptors (Lipinski definition) is 4. The minimum atomic E-state index is -0.457. The van der Waals surface area contributed by atoms with Gasteiger partial charge in [0.2, 0.25) is 0 Å². The minimum Gasteiger partial charge on any atom is -0.462 e. The van der Waals surface area contributed by atoms with E-state index in [1.165, 1.54) is 0 Å². The first-order valence-corrected chi connectivity index (χ1v) is 9.05. The number of unbranched alkanes of at least 4 members (excludes halogenated alkanes) is 4. The zero-order valence-corrected chi connectivity index (χ0v) is 15.2. The van der Waals surface area contributed by atoms with Crippen molar-refractivity contribution in [3.63, 3.8) is 0 Å². The average molecular weight is 334 g/mol. The minimum absolute atomic E-state index is 0.0600. The van der Waals surface area contributed by atoms with Gasteiger partial charge in [-0.05, 0) is 24.8 Å². The molecule has 1 aliphatic rings. The fraction of sp³-hybridized carbons (Fsp3) is 0.600. The Bertz CT molecular complexity index is 500. The van der Waals surface area contributed by atoms with E-state index in [1.54, 1.807) is 18.2 Å². The zero-order valence-electron chi connectivity index (χ0n) is 15.2. The van der Waals surface area contributed by atoms with Crippen molar-refractivity contribution in [1.29, 1.82) is 0 Å². The third-order valence-electron chi connectivity index (χ3n) is 3.80. The first-order valence-electron chi connectivity index (χ1n) is 9.05. The van der Waals surface area contributed by atoms with Crippen molar-refractivity contribution >= 4 is 11.9 Å². The lowest BCUT2D eigenvalue weighted by atomic mass is 10.0. The Labute approximate surface area is 145 Å². The topological polar surface area (TPSA) is 52.6 Å². The lowest BCUT2D eigenvalue weighted by Gasteiger charge is -2.12. The van der Waals surface area contributed by atoms with Crippen LogP contribution in [0.2, 0.25) is 0 Å². The number of ether oxygens (including phenoxy) is 2. The second-order valence-electron chi connectivity index (χ2n) is 6.09. The summed E-state index contributed by atoms with van der Waals surface area (Å²) in [4.78, 5) is 24.7. The predicted octanol–water partition coefficient (Wildman–Crippen LogP) is 4.51. The van der Waals surface area contributed by atoms with Gasteiger partial charge in [-0.3, -0.25) is 0 Å². The molecule has 0 amide bonds. The lowest BCUT2D eigenvalue weighted by Crippen LogP contribution is -2.18. The van der Waals surface area contributed by atoms with Gasteiger partial charge in [0, 0.05) is 0 Å². The van der Waals surface area contributed by atoms with Gasteiger partial charge in [-0.1, -0.05) is 64.7 Å². The summed E-state index contributed by atoms with van der Waals surface area (Å²) in [6.07, 6.45) is 13.0. The van der Waals surface area contributed by atoms with Crippen molar-refractivity contribution in [1.82, 2.24) is 0 Å². The van der Waals surface area contributed by atoms with Crippen LogP contribution >= 0.6 is 0 Å². The van der Waals surface area contributed by atoms with Crippen LogP contribution in [0.5, 0.6) is 0 Å². The predicted molar refractivity (Wildman–Crippen MR) is 95.4 cm³/mol. The van der Waals surface area contributed by atoms with Gasteiger partial charge in [-0.25, -0.2) is 9.59 Å². The highest BCUT2D eigenvalue weighted by Gasteiger charge is 2.24. The van der Waals surface area contributed by atoms with Crippen LogP contribution in [0.1, 0.15) is 59.3 Å². The van der Waals surface area contributed by atoms with Crippen LogP contribution in [0, 0.1) is 5.92 Å². The molecule has 0 fully saturated rings. The molecule has 1 rings (SSSR count). The molecule has 0 N–H and O–H groups in total. The maximum Gasteiger partial charge on any atom is 0.338 e. The molecule has 0 heterocycles. The van der Waals surface area contributed by atoms with Crippen LogP contribution in [-0.4, -0.2) is 25.2 Å². The summed E-state index contributed by atoms with van der Waals surface area (Å²) < 4.78 is 10.6. The van der Waals surface area contributed by atoms with E-state index >= 15 is 0 Å². The van der Waals surface area contributed by atoms with E-state index < -0.39 is 11.9 Å². The maximum absolute atomic E-state index is 12.4. The Balaban J connectivity index is 2.72. The Morgan fingerprint density at radius 3 is 2.00 bits per heavy atom. The van der Waals surface area contributed by atoms with Crippen LogP contribution in [0.3, 0.4) is 0 Å². The van der Waals surface area contributed by atoms with Gasteiger partial charge in [0.1, 0.15) is 0 Å². The third-order valence-corrected chi connectivity index (χ3v) is 3.80. The standard InChI is InChI=1S/C20H30O4/c1-4-6-8-13-23-19(21)17-12-10-11-16(3)15-18(17)20(22)24-14-9-7-5-2/h10-12,15-16H,4-9,13-14H2,1-3H3. The van der Waals surface area contributed by atoms with Gasteiger partial charge >= 0.3 is 11.9 Å². The Morgan fingerprint density at radius 2 is 1.46 bits per heavy atom. The molecular weight excluding hydrogens is 304 g/mol. The Kier molecular flexibility index (Phi) is 9.81. The monoisotopic (exact) mass is 334 g/mol. The fourth-order valence-corrected chi connectivity index (χ4v) is 2.37. The SMILES string of the molecule is CCCCCOC(=O)C1=CC=CC(C)C=C1C(=O)OCCCCC. The molecule has 0 aromatic carbocycles. The number of allylic oxidation sites excluding steroid dienone is 4. The highest BCUT2D eigenvalue weighted by Crippen LogP contribution is 2.21. The first kappa shape index (κ1) is 20.2. The molecular formula is C20H30O4. The van der Waals surface area contributed by atoms with Crippen molar-refractivity contribution in [2.75, 3.05) is 13.2 Å². The van der Waals surface area contributed by atoms with Crippen LogP contribution < -0.4 is 0 Å². The van der Waals surface area contributed by atoms with Crippen molar-refractivity contribution in [3.8, 4) is 0 Å². The Morgan fingerprint density at radius 1 is 0.917 bits per heavy atom. The van der Waals surface area contributed by atoms with E-state index in [2.05, 4.69) is 13.8 Å². The Hall–Kier alpha value is -1.84. The number of hydrogen-bond donors (Lipinski definition) is 0. The summed E-state index contributed by atoms with van der Waals surface area (Å²) in [5, 5.41) is 0. The van der Waals surface area contributed by atoms with Gasteiger partial charge in [-0.15, -0.1) is 0 Å². The largest absolute Gasteiger partial charge is 0.462 e. The van der Waals surface area contributed by atoms with Crippen molar-refractivity contribution in [3.05, 3.63) is 35.5 Å². The van der Waals surface area contributed by atoms with E-state index in [4.69, 9.17) is 9.47 Å². The van der Waals surface area contributed by atoms with E-state index in [9.17, 15) is 9.59 Å². The molecule has 0 bridgehead atoms. The van der Waals surface area contributed by atoms with Gasteiger partial charge in [0.05, 0.1) is 24.4 Å². The van der Waals surface area contributed by atoms with Crippen molar-refractivity contribution < 1.29 is 19.1 Å². The van der Waals surface area contributed by atoms with E-state index in [0.29, 0.717) is 18.8 Å². The summed E-state index contributed by atoms with van der Waals surface area (Å²) in [7, 11) is 0. The molecule has 4 heteroatoms. The normalized spacial score (nSPS) is 16.9. The highest BCUT2D eigenvalue weighted by molar-refractivity contribution is 6.07. The van der Waals surface area contributed by atoms with E-state index in [1.807, 2.05) is 13.0 Å². The maximum atomic E-state index is 12.4. The lowest BCUT2D eigenvalue weighted by molar-refractivity contribution is -0.142. The molecule has 0 aromatic rings. The molecule has 1 aliphatic carbocycles. The number of carbonyl (C=O) groups is 2. The summed E-state index contributed by atoms with van der Waals surface area (Å²) in [5.74, 6) is -0.843. The summed E-state index contributed by atoms with van der Waals surface area (Å²) >= 11 is 0. The van der Waals surface area contributed by atoms with Gasteiger partial charge in [0.25, 0.3) is 0 Å². The second-order valence-corrected chi connectivity index (χ2v) is 6.09. The summed E-state index contributed by atoms with van der Waals surface area (Å²) in [6, 6.07) is 0. The summed E-state index contributed by atoms with van der Waals surface area (Å²) in [6.45, 7) is 6.91. The van der Waals surface area contributed by atoms with Crippen LogP contribution in [0.4, 0.5) is 0 Å². The molecule has 0 spiro atoms. The highest BCUT2D eigenvalue weighted by atomic mass is 16.5. The number of carbonyl (C=O) groups excluding carboxylic acids is 2. The fourth-order valence-electron chi connectivity index (χ4n) is 2.37. The quantitative estimate of drug-likeness (QED) is 0.435. The second kappa shape index (κ2) is 11.7. The molecule has 24 heavy (non-hydrogen) atoms. The summed E-state index contributed by atoms with van der Waals surface area (Å²) in [5.41, 5.74) is 0.595. The van der Waals surface area contributed by atoms with Gasteiger partial charge < -0.3 is 9.47 Å². The van der Waals surface area contributed by atoms with Crippen molar-refractivity contribution in [2.45, 2.75) is 59.3 Å². The molecule has 0 saturated carbocycles. The number of esters is 2. The molecule has 0 aromatic heterocycles. The molecule has 1 atom stereocenters. The van der Waals surface area contributed by atoms with E-state index in [0.717, 1.165) is 38.5 Å². The van der Waals surface area contributed by atoms with Crippen LogP contribution in [0.25, 0.3) is 0 Å². The first-order chi connectivity index (χ1) is 11.6. The molecule has 134 valence electrons.